The molecule has 0 bridgehead atoms. The van der Waals surface area contributed by atoms with E-state index in [0.29, 0.717) is 31.4 Å². The monoisotopic (exact) mass is 360 g/mol. The number of carbonyl (C=O) groups excluding carboxylic acids is 2. The van der Waals surface area contributed by atoms with Crippen molar-refractivity contribution in [3.8, 4) is 0 Å². The van der Waals surface area contributed by atoms with Gasteiger partial charge in [-0.25, -0.2) is 0 Å². The summed E-state index contributed by atoms with van der Waals surface area (Å²) in [6.07, 6.45) is 4.39. The molecule has 142 valence electrons. The van der Waals surface area contributed by atoms with E-state index in [1.807, 2.05) is 25.7 Å². The summed E-state index contributed by atoms with van der Waals surface area (Å²) in [5.41, 5.74) is -0.227. The normalized spacial score (nSPS) is 24.8. The number of carbonyl (C=O) groups is 2. The van der Waals surface area contributed by atoms with E-state index >= 15 is 0 Å². The molecule has 7 heteroatoms. The lowest BCUT2D eigenvalue weighted by Gasteiger charge is -2.26. The summed E-state index contributed by atoms with van der Waals surface area (Å²) in [4.78, 5) is 32.6. The van der Waals surface area contributed by atoms with Gasteiger partial charge in [-0.15, -0.1) is 0 Å². The first-order valence-corrected chi connectivity index (χ1v) is 9.44. The first kappa shape index (κ1) is 18.6. The minimum absolute atomic E-state index is 0.0283. The molecule has 1 aliphatic carbocycles. The Kier molecular flexibility index (Phi) is 5.16. The van der Waals surface area contributed by atoms with Crippen molar-refractivity contribution in [1.82, 2.24) is 19.9 Å². The van der Waals surface area contributed by atoms with Crippen molar-refractivity contribution in [2.45, 2.75) is 51.4 Å². The highest BCUT2D eigenvalue weighted by Crippen LogP contribution is 2.50. The van der Waals surface area contributed by atoms with E-state index < -0.39 is 0 Å². The second-order valence-corrected chi connectivity index (χ2v) is 7.69. The van der Waals surface area contributed by atoms with Gasteiger partial charge in [0, 0.05) is 25.6 Å². The number of rotatable bonds is 6. The highest BCUT2D eigenvalue weighted by Gasteiger charge is 2.55. The summed E-state index contributed by atoms with van der Waals surface area (Å²) in [6, 6.07) is 0. The Morgan fingerprint density at radius 2 is 2.27 bits per heavy atom. The molecule has 1 aromatic rings. The van der Waals surface area contributed by atoms with Gasteiger partial charge in [0.2, 0.25) is 17.7 Å². The third-order valence-corrected chi connectivity index (χ3v) is 5.80. The van der Waals surface area contributed by atoms with E-state index in [9.17, 15) is 9.59 Å². The fraction of sp³-hybridized carbons (Fsp3) is 0.684. The van der Waals surface area contributed by atoms with Gasteiger partial charge in [-0.1, -0.05) is 32.0 Å². The Hall–Kier alpha value is -2.18. The van der Waals surface area contributed by atoms with Crippen molar-refractivity contribution in [1.29, 1.82) is 0 Å². The fourth-order valence-electron chi connectivity index (χ4n) is 4.24. The van der Waals surface area contributed by atoms with Gasteiger partial charge in [-0.2, -0.15) is 4.98 Å². The van der Waals surface area contributed by atoms with Gasteiger partial charge in [0.1, 0.15) is 0 Å². The molecule has 2 amide bonds. The van der Waals surface area contributed by atoms with Gasteiger partial charge in [-0.05, 0) is 31.8 Å². The molecule has 1 saturated heterocycles. The number of nitrogens with zero attached hydrogens (tertiary/aromatic N) is 4. The average Bonchev–Trinajstić information content (AvgIpc) is 3.31. The van der Waals surface area contributed by atoms with Gasteiger partial charge >= 0.3 is 0 Å². The van der Waals surface area contributed by atoms with Crippen molar-refractivity contribution in [3.05, 3.63) is 24.4 Å². The van der Waals surface area contributed by atoms with Crippen LogP contribution in [0.4, 0.5) is 0 Å². The molecule has 1 aliphatic heterocycles. The molecule has 0 spiro atoms. The maximum absolute atomic E-state index is 12.8. The molecule has 0 radical (unpaired) electrons. The predicted molar refractivity (Wildman–Crippen MR) is 96.4 cm³/mol. The fourth-order valence-corrected chi connectivity index (χ4v) is 4.24. The van der Waals surface area contributed by atoms with Crippen LogP contribution in [0.2, 0.25) is 0 Å². The van der Waals surface area contributed by atoms with Crippen LogP contribution in [0.15, 0.2) is 17.2 Å². The van der Waals surface area contributed by atoms with Gasteiger partial charge in [-0.3, -0.25) is 9.59 Å². The number of aromatic nitrogens is 2. The van der Waals surface area contributed by atoms with E-state index in [4.69, 9.17) is 4.52 Å². The SMILES string of the molecule is C=CC(=O)N(CC)CC(=O)N1C[C@@H]2CCC[C@]2(c2nc(C(C)C)no2)C1. The van der Waals surface area contributed by atoms with Gasteiger partial charge in [0.05, 0.1) is 12.0 Å². The average molecular weight is 360 g/mol. The third-order valence-electron chi connectivity index (χ3n) is 5.80. The quantitative estimate of drug-likeness (QED) is 0.726. The van der Waals surface area contributed by atoms with Crippen LogP contribution in [0.1, 0.15) is 57.7 Å². The lowest BCUT2D eigenvalue weighted by Crippen LogP contribution is -2.42. The zero-order valence-electron chi connectivity index (χ0n) is 15.9. The lowest BCUT2D eigenvalue weighted by atomic mass is 9.80. The number of amides is 2. The number of hydrogen-bond acceptors (Lipinski definition) is 5. The summed E-state index contributed by atoms with van der Waals surface area (Å²) >= 11 is 0. The van der Waals surface area contributed by atoms with Crippen LogP contribution in [0, 0.1) is 5.92 Å². The van der Waals surface area contributed by atoms with Crippen molar-refractivity contribution >= 4 is 11.8 Å². The topological polar surface area (TPSA) is 79.5 Å². The molecule has 2 fully saturated rings. The van der Waals surface area contributed by atoms with Crippen molar-refractivity contribution in [3.63, 3.8) is 0 Å². The van der Waals surface area contributed by atoms with Crippen LogP contribution in [-0.4, -0.2) is 57.9 Å². The Labute approximate surface area is 154 Å². The van der Waals surface area contributed by atoms with E-state index in [-0.39, 0.29) is 29.7 Å². The molecule has 2 atom stereocenters. The summed E-state index contributed by atoms with van der Waals surface area (Å²) in [7, 11) is 0. The summed E-state index contributed by atoms with van der Waals surface area (Å²) in [6.45, 7) is 11.3. The highest BCUT2D eigenvalue weighted by molar-refractivity contribution is 5.91. The Balaban J connectivity index is 1.76. The zero-order valence-corrected chi connectivity index (χ0v) is 15.9. The third kappa shape index (κ3) is 3.15. The maximum atomic E-state index is 12.8. The van der Waals surface area contributed by atoms with Crippen molar-refractivity contribution < 1.29 is 14.1 Å². The maximum Gasteiger partial charge on any atom is 0.246 e. The first-order valence-electron chi connectivity index (χ1n) is 9.44. The van der Waals surface area contributed by atoms with Crippen molar-refractivity contribution in [2.24, 2.45) is 5.92 Å². The highest BCUT2D eigenvalue weighted by atomic mass is 16.5. The van der Waals surface area contributed by atoms with E-state index in [0.717, 1.165) is 25.1 Å². The standard InChI is InChI=1S/C19H28N4O3/c1-5-15(24)22(6-2)11-16(25)23-10-14-8-7-9-19(14,12-23)18-20-17(13(3)4)21-26-18/h5,13-14H,1,6-12H2,2-4H3/t14-,19-/m0/s1. The Bertz CT molecular complexity index is 699. The molecule has 7 nitrogen and oxygen atoms in total. The van der Waals surface area contributed by atoms with E-state index in [1.54, 1.807) is 0 Å². The van der Waals surface area contributed by atoms with Gasteiger partial charge in [0.15, 0.2) is 5.82 Å². The van der Waals surface area contributed by atoms with Gasteiger partial charge < -0.3 is 14.3 Å². The minimum Gasteiger partial charge on any atom is -0.340 e. The molecule has 3 rings (SSSR count). The lowest BCUT2D eigenvalue weighted by molar-refractivity contribution is -0.137. The molecule has 1 saturated carbocycles. The van der Waals surface area contributed by atoms with E-state index in [1.165, 1.54) is 11.0 Å². The summed E-state index contributed by atoms with van der Waals surface area (Å²) in [5.74, 6) is 1.71. The molecule has 26 heavy (non-hydrogen) atoms. The number of hydrogen-bond donors (Lipinski definition) is 0. The van der Waals surface area contributed by atoms with Crippen LogP contribution in [0.5, 0.6) is 0 Å². The number of likely N-dealkylation sites (tertiary alicyclic amines) is 1. The van der Waals surface area contributed by atoms with Crippen LogP contribution in [-0.2, 0) is 15.0 Å². The summed E-state index contributed by atoms with van der Waals surface area (Å²) < 4.78 is 5.62. The molecule has 0 N–H and O–H groups in total. The second-order valence-electron chi connectivity index (χ2n) is 7.69. The Morgan fingerprint density at radius 1 is 1.50 bits per heavy atom. The van der Waals surface area contributed by atoms with Crippen LogP contribution in [0.3, 0.4) is 0 Å². The molecular formula is C19H28N4O3. The largest absolute Gasteiger partial charge is 0.340 e. The zero-order chi connectivity index (χ0) is 18.9. The van der Waals surface area contributed by atoms with E-state index in [2.05, 4.69) is 16.7 Å². The van der Waals surface area contributed by atoms with Gasteiger partial charge in [0.25, 0.3) is 0 Å². The minimum atomic E-state index is -0.227. The van der Waals surface area contributed by atoms with Crippen LogP contribution < -0.4 is 0 Å². The second kappa shape index (κ2) is 7.21. The first-order chi connectivity index (χ1) is 12.4. The molecule has 1 aromatic heterocycles. The van der Waals surface area contributed by atoms with Crippen molar-refractivity contribution in [2.75, 3.05) is 26.2 Å². The molecule has 2 heterocycles. The Morgan fingerprint density at radius 3 is 2.88 bits per heavy atom. The summed E-state index contributed by atoms with van der Waals surface area (Å²) in [5, 5.41) is 4.13. The smallest absolute Gasteiger partial charge is 0.246 e. The molecular weight excluding hydrogens is 332 g/mol. The molecule has 0 unspecified atom stereocenters. The van der Waals surface area contributed by atoms with Crippen LogP contribution in [0.25, 0.3) is 0 Å². The number of likely N-dealkylation sites (N-methyl/N-ethyl adjacent to an activating group) is 1. The number of fused-ring (bicyclic) bond motifs is 1. The molecule has 2 aliphatic rings. The van der Waals surface area contributed by atoms with Crippen LogP contribution >= 0.6 is 0 Å². The predicted octanol–water partition coefficient (Wildman–Crippen LogP) is 2.11. The molecule has 0 aromatic carbocycles.